The summed E-state index contributed by atoms with van der Waals surface area (Å²) in [6, 6.07) is 0. The third-order valence-electron chi connectivity index (χ3n) is 2.60. The maximum Gasteiger partial charge on any atom is 0.327 e. The fourth-order valence-electron chi connectivity index (χ4n) is 1.31. The van der Waals surface area contributed by atoms with Gasteiger partial charge in [-0.15, -0.1) is 0 Å². The number of ether oxygens (including phenoxy) is 2. The van der Waals surface area contributed by atoms with Crippen LogP contribution in [0.25, 0.3) is 0 Å². The second-order valence-electron chi connectivity index (χ2n) is 3.97. The van der Waals surface area contributed by atoms with Gasteiger partial charge in [-0.3, -0.25) is 9.48 Å². The Morgan fingerprint density at radius 2 is 2.18 bits per heavy atom. The molecule has 96 valence electrons. The van der Waals surface area contributed by atoms with E-state index < -0.39 is 0 Å². The summed E-state index contributed by atoms with van der Waals surface area (Å²) in [6.07, 6.45) is -0.107. The number of nitrogens with two attached hydrogens (primary N) is 1. The van der Waals surface area contributed by atoms with Crippen LogP contribution in [0.3, 0.4) is 0 Å². The Kier molecular flexibility index (Phi) is 4.51. The van der Waals surface area contributed by atoms with E-state index in [0.29, 0.717) is 5.69 Å². The molecule has 0 amide bonds. The molecule has 6 nitrogen and oxygen atoms in total. The molecule has 0 aliphatic carbocycles. The average Bonchev–Trinajstić information content (AvgIpc) is 2.54. The van der Waals surface area contributed by atoms with Gasteiger partial charge in [-0.25, -0.2) is 0 Å². The average molecular weight is 241 g/mol. The maximum absolute atomic E-state index is 11.5. The van der Waals surface area contributed by atoms with E-state index in [9.17, 15) is 4.79 Å². The molecule has 0 fully saturated rings. The number of anilines is 1. The minimum atomic E-state index is -0.348. The Labute approximate surface area is 101 Å². The van der Waals surface area contributed by atoms with Crippen LogP contribution in [0, 0.1) is 13.8 Å². The molecular formula is C11H19N3O3. The number of carbonyl (C=O) groups excluding carboxylic acids is 1. The molecule has 0 aromatic carbocycles. The highest BCUT2D eigenvalue weighted by Crippen LogP contribution is 2.14. The van der Waals surface area contributed by atoms with E-state index >= 15 is 0 Å². The molecular weight excluding hydrogens is 222 g/mol. The van der Waals surface area contributed by atoms with Crippen molar-refractivity contribution in [3.63, 3.8) is 0 Å². The lowest BCUT2D eigenvalue weighted by molar-refractivity contribution is -0.147. The Morgan fingerprint density at radius 3 is 2.65 bits per heavy atom. The highest BCUT2D eigenvalue weighted by molar-refractivity contribution is 5.69. The number of aryl methyl sites for hydroxylation is 1. The molecule has 0 aliphatic heterocycles. The number of carbonyl (C=O) groups is 1. The zero-order valence-electron chi connectivity index (χ0n) is 10.7. The van der Waals surface area contributed by atoms with Crippen LogP contribution in [-0.4, -0.2) is 35.6 Å². The van der Waals surface area contributed by atoms with Gasteiger partial charge in [-0.05, 0) is 20.8 Å². The van der Waals surface area contributed by atoms with E-state index in [-0.39, 0.29) is 25.2 Å². The van der Waals surface area contributed by atoms with E-state index in [1.54, 1.807) is 18.7 Å². The second kappa shape index (κ2) is 5.67. The summed E-state index contributed by atoms with van der Waals surface area (Å²) in [5, 5.41) is 4.16. The van der Waals surface area contributed by atoms with Gasteiger partial charge in [0.15, 0.2) is 0 Å². The first kappa shape index (κ1) is 13.5. The molecule has 1 heterocycles. The van der Waals surface area contributed by atoms with Crippen molar-refractivity contribution in [1.82, 2.24) is 9.78 Å². The highest BCUT2D eigenvalue weighted by Gasteiger charge is 2.13. The van der Waals surface area contributed by atoms with Crippen LogP contribution < -0.4 is 5.73 Å². The standard InChI is InChI=1S/C11H19N3O3/c1-7(16-4)6-17-10(15)5-14-9(3)11(12)8(2)13-14/h7H,5-6,12H2,1-4H3. The highest BCUT2D eigenvalue weighted by atomic mass is 16.6. The lowest BCUT2D eigenvalue weighted by Crippen LogP contribution is -2.21. The first-order chi connectivity index (χ1) is 7.95. The molecule has 0 saturated heterocycles. The predicted molar refractivity (Wildman–Crippen MR) is 63.5 cm³/mol. The summed E-state index contributed by atoms with van der Waals surface area (Å²) in [4.78, 5) is 11.5. The van der Waals surface area contributed by atoms with Gasteiger partial charge in [-0.2, -0.15) is 5.10 Å². The lowest BCUT2D eigenvalue weighted by atomic mass is 10.3. The summed E-state index contributed by atoms with van der Waals surface area (Å²) in [6.45, 7) is 5.76. The lowest BCUT2D eigenvalue weighted by Gasteiger charge is -2.10. The first-order valence-corrected chi connectivity index (χ1v) is 5.43. The van der Waals surface area contributed by atoms with Crippen molar-refractivity contribution in [2.75, 3.05) is 19.5 Å². The van der Waals surface area contributed by atoms with Crippen molar-refractivity contribution in [1.29, 1.82) is 0 Å². The number of methoxy groups -OCH3 is 1. The molecule has 0 aliphatic rings. The normalized spacial score (nSPS) is 12.5. The fourth-order valence-corrected chi connectivity index (χ4v) is 1.31. The molecule has 0 bridgehead atoms. The number of nitrogens with zero attached hydrogens (tertiary/aromatic N) is 2. The van der Waals surface area contributed by atoms with E-state index in [4.69, 9.17) is 15.2 Å². The minimum absolute atomic E-state index is 0.0697. The largest absolute Gasteiger partial charge is 0.462 e. The molecule has 6 heteroatoms. The topological polar surface area (TPSA) is 79.4 Å². The van der Waals surface area contributed by atoms with E-state index in [2.05, 4.69) is 5.10 Å². The molecule has 17 heavy (non-hydrogen) atoms. The number of hydrogen-bond donors (Lipinski definition) is 1. The molecule has 1 atom stereocenters. The molecule has 1 aromatic rings. The number of aromatic nitrogens is 2. The van der Waals surface area contributed by atoms with Crippen molar-refractivity contribution in [3.8, 4) is 0 Å². The molecule has 1 unspecified atom stereocenters. The Morgan fingerprint density at radius 1 is 1.53 bits per heavy atom. The van der Waals surface area contributed by atoms with Gasteiger partial charge in [-0.1, -0.05) is 0 Å². The van der Waals surface area contributed by atoms with Crippen molar-refractivity contribution in [2.24, 2.45) is 0 Å². The second-order valence-corrected chi connectivity index (χ2v) is 3.97. The Balaban J connectivity index is 2.54. The first-order valence-electron chi connectivity index (χ1n) is 5.43. The zero-order valence-corrected chi connectivity index (χ0v) is 10.7. The molecule has 0 spiro atoms. The fraction of sp³-hybridized carbons (Fsp3) is 0.636. The van der Waals surface area contributed by atoms with E-state index in [1.807, 2.05) is 13.8 Å². The van der Waals surface area contributed by atoms with Crippen molar-refractivity contribution in [3.05, 3.63) is 11.4 Å². The maximum atomic E-state index is 11.5. The zero-order chi connectivity index (χ0) is 13.0. The van der Waals surface area contributed by atoms with Crippen LogP contribution in [-0.2, 0) is 20.8 Å². The van der Waals surface area contributed by atoms with Crippen LogP contribution in [0.15, 0.2) is 0 Å². The number of nitrogen functional groups attached to an aromatic ring is 1. The van der Waals surface area contributed by atoms with Crippen LogP contribution >= 0.6 is 0 Å². The van der Waals surface area contributed by atoms with Gasteiger partial charge in [0.25, 0.3) is 0 Å². The summed E-state index contributed by atoms with van der Waals surface area (Å²) >= 11 is 0. The van der Waals surface area contributed by atoms with Gasteiger partial charge in [0.05, 0.1) is 23.2 Å². The SMILES string of the molecule is COC(C)COC(=O)Cn1nc(C)c(N)c1C. The molecule has 0 radical (unpaired) electrons. The minimum Gasteiger partial charge on any atom is -0.462 e. The van der Waals surface area contributed by atoms with E-state index in [1.165, 1.54) is 0 Å². The molecule has 2 N–H and O–H groups in total. The monoisotopic (exact) mass is 241 g/mol. The number of rotatable bonds is 5. The van der Waals surface area contributed by atoms with Gasteiger partial charge >= 0.3 is 5.97 Å². The summed E-state index contributed by atoms with van der Waals surface area (Å²) in [5.41, 5.74) is 7.88. The van der Waals surface area contributed by atoms with Gasteiger partial charge in [0, 0.05) is 7.11 Å². The third-order valence-corrected chi connectivity index (χ3v) is 2.60. The van der Waals surface area contributed by atoms with Crippen LogP contribution in [0.2, 0.25) is 0 Å². The van der Waals surface area contributed by atoms with Crippen LogP contribution in [0.1, 0.15) is 18.3 Å². The third kappa shape index (κ3) is 3.45. The van der Waals surface area contributed by atoms with Gasteiger partial charge in [0.2, 0.25) is 0 Å². The van der Waals surface area contributed by atoms with Crippen molar-refractivity contribution < 1.29 is 14.3 Å². The molecule has 1 rings (SSSR count). The molecule has 0 saturated carbocycles. The smallest absolute Gasteiger partial charge is 0.327 e. The van der Waals surface area contributed by atoms with Crippen molar-refractivity contribution in [2.45, 2.75) is 33.4 Å². The van der Waals surface area contributed by atoms with Gasteiger partial charge in [0.1, 0.15) is 13.2 Å². The summed E-state index contributed by atoms with van der Waals surface area (Å²) in [7, 11) is 1.57. The number of hydrogen-bond acceptors (Lipinski definition) is 5. The predicted octanol–water partition coefficient (Wildman–Crippen LogP) is 0.660. The van der Waals surface area contributed by atoms with Crippen LogP contribution in [0.5, 0.6) is 0 Å². The number of esters is 1. The van der Waals surface area contributed by atoms with E-state index in [0.717, 1.165) is 11.4 Å². The van der Waals surface area contributed by atoms with Gasteiger partial charge < -0.3 is 15.2 Å². The summed E-state index contributed by atoms with van der Waals surface area (Å²) in [5.74, 6) is -0.348. The Bertz CT molecular complexity index is 401. The quantitative estimate of drug-likeness (QED) is 0.766. The Hall–Kier alpha value is -1.56. The van der Waals surface area contributed by atoms with Crippen LogP contribution in [0.4, 0.5) is 5.69 Å². The summed E-state index contributed by atoms with van der Waals surface area (Å²) < 4.78 is 11.6. The molecule has 1 aromatic heterocycles. The van der Waals surface area contributed by atoms with Crippen molar-refractivity contribution >= 4 is 11.7 Å².